The summed E-state index contributed by atoms with van der Waals surface area (Å²) in [6.07, 6.45) is 1.84. The lowest BCUT2D eigenvalue weighted by Gasteiger charge is -2.22. The molecule has 0 saturated heterocycles. The molecule has 1 atom stereocenters. The SMILES string of the molecule is COc1cccc2c1[C@H](Cc1cccc(NS(C)(=O)=O)c1)c1ccccc1OC2. The molecule has 4 rings (SSSR count). The van der Waals surface area contributed by atoms with Crippen LogP contribution in [0.25, 0.3) is 0 Å². The van der Waals surface area contributed by atoms with Crippen molar-refractivity contribution in [1.82, 2.24) is 0 Å². The number of para-hydroxylation sites is 1. The molecule has 150 valence electrons. The highest BCUT2D eigenvalue weighted by atomic mass is 32.2. The summed E-state index contributed by atoms with van der Waals surface area (Å²) < 4.78 is 37.6. The average Bonchev–Trinajstić information content (AvgIpc) is 2.84. The normalized spacial score (nSPS) is 15.4. The van der Waals surface area contributed by atoms with Crippen LogP contribution in [0.15, 0.2) is 66.7 Å². The molecular weight excluding hydrogens is 386 g/mol. The Labute approximate surface area is 171 Å². The van der Waals surface area contributed by atoms with Gasteiger partial charge < -0.3 is 9.47 Å². The van der Waals surface area contributed by atoms with Gasteiger partial charge in [-0.15, -0.1) is 0 Å². The van der Waals surface area contributed by atoms with Crippen LogP contribution in [-0.2, 0) is 23.1 Å². The molecule has 0 aromatic heterocycles. The largest absolute Gasteiger partial charge is 0.496 e. The van der Waals surface area contributed by atoms with Gasteiger partial charge in [0.25, 0.3) is 0 Å². The van der Waals surface area contributed by atoms with Gasteiger partial charge in [-0.25, -0.2) is 8.42 Å². The maximum atomic E-state index is 11.6. The predicted octanol–water partition coefficient (Wildman–Crippen LogP) is 4.33. The predicted molar refractivity (Wildman–Crippen MR) is 114 cm³/mol. The number of ether oxygens (including phenoxy) is 2. The second-order valence-electron chi connectivity index (χ2n) is 7.19. The molecule has 0 unspecified atom stereocenters. The Bertz CT molecular complexity index is 1140. The third kappa shape index (κ3) is 4.22. The van der Waals surface area contributed by atoms with E-state index in [0.717, 1.165) is 40.0 Å². The number of fused-ring (bicyclic) bond motifs is 2. The Balaban J connectivity index is 1.80. The van der Waals surface area contributed by atoms with Crippen LogP contribution in [0, 0.1) is 0 Å². The molecule has 0 saturated carbocycles. The van der Waals surface area contributed by atoms with Gasteiger partial charge in [0, 0.05) is 22.7 Å². The number of anilines is 1. The molecule has 6 heteroatoms. The Hall–Kier alpha value is -2.99. The molecule has 0 spiro atoms. The summed E-state index contributed by atoms with van der Waals surface area (Å²) in [5.74, 6) is 1.72. The maximum Gasteiger partial charge on any atom is 0.229 e. The first-order valence-corrected chi connectivity index (χ1v) is 11.3. The van der Waals surface area contributed by atoms with Gasteiger partial charge >= 0.3 is 0 Å². The topological polar surface area (TPSA) is 64.6 Å². The number of benzene rings is 3. The Morgan fingerprint density at radius 3 is 2.66 bits per heavy atom. The van der Waals surface area contributed by atoms with Crippen molar-refractivity contribution < 1.29 is 17.9 Å². The van der Waals surface area contributed by atoms with E-state index in [0.29, 0.717) is 18.7 Å². The zero-order chi connectivity index (χ0) is 20.4. The molecule has 0 aliphatic carbocycles. The van der Waals surface area contributed by atoms with Crippen LogP contribution in [0.3, 0.4) is 0 Å². The summed E-state index contributed by atoms with van der Waals surface area (Å²) in [6.45, 7) is 0.482. The summed E-state index contributed by atoms with van der Waals surface area (Å²) in [4.78, 5) is 0. The van der Waals surface area contributed by atoms with Crippen molar-refractivity contribution in [2.24, 2.45) is 0 Å². The number of methoxy groups -OCH3 is 1. The van der Waals surface area contributed by atoms with Gasteiger partial charge in [0.05, 0.1) is 13.4 Å². The van der Waals surface area contributed by atoms with Crippen molar-refractivity contribution in [2.75, 3.05) is 18.1 Å². The van der Waals surface area contributed by atoms with Crippen molar-refractivity contribution in [3.63, 3.8) is 0 Å². The minimum absolute atomic E-state index is 0.0216. The highest BCUT2D eigenvalue weighted by Crippen LogP contribution is 2.43. The van der Waals surface area contributed by atoms with Gasteiger partial charge in [-0.3, -0.25) is 4.72 Å². The number of rotatable bonds is 5. The lowest BCUT2D eigenvalue weighted by molar-refractivity contribution is 0.306. The van der Waals surface area contributed by atoms with Crippen LogP contribution < -0.4 is 14.2 Å². The van der Waals surface area contributed by atoms with Crippen molar-refractivity contribution in [3.8, 4) is 11.5 Å². The summed E-state index contributed by atoms with van der Waals surface area (Å²) in [6, 6.07) is 21.6. The van der Waals surface area contributed by atoms with E-state index >= 15 is 0 Å². The summed E-state index contributed by atoms with van der Waals surface area (Å²) in [5, 5.41) is 0. The maximum absolute atomic E-state index is 11.6. The van der Waals surface area contributed by atoms with Gasteiger partial charge in [0.1, 0.15) is 18.1 Å². The van der Waals surface area contributed by atoms with E-state index < -0.39 is 10.0 Å². The molecule has 0 fully saturated rings. The second kappa shape index (κ2) is 7.79. The number of sulfonamides is 1. The van der Waals surface area contributed by atoms with E-state index in [9.17, 15) is 8.42 Å². The van der Waals surface area contributed by atoms with Crippen LogP contribution in [0.4, 0.5) is 5.69 Å². The highest BCUT2D eigenvalue weighted by Gasteiger charge is 2.28. The molecule has 1 aliphatic heterocycles. The average molecular weight is 410 g/mol. The van der Waals surface area contributed by atoms with Gasteiger partial charge in [-0.05, 0) is 41.8 Å². The van der Waals surface area contributed by atoms with Crippen LogP contribution in [0.2, 0.25) is 0 Å². The Morgan fingerprint density at radius 2 is 1.86 bits per heavy atom. The number of hydrogen-bond donors (Lipinski definition) is 1. The quantitative estimate of drug-likeness (QED) is 0.681. The zero-order valence-corrected chi connectivity index (χ0v) is 17.2. The Morgan fingerprint density at radius 1 is 1.07 bits per heavy atom. The summed E-state index contributed by atoms with van der Waals surface area (Å²) in [7, 11) is -1.65. The fraction of sp³-hybridized carbons (Fsp3) is 0.217. The molecule has 5 nitrogen and oxygen atoms in total. The summed E-state index contributed by atoms with van der Waals surface area (Å²) in [5.41, 5.74) is 4.88. The molecule has 29 heavy (non-hydrogen) atoms. The van der Waals surface area contributed by atoms with Gasteiger partial charge in [0.2, 0.25) is 10.0 Å². The molecule has 3 aromatic rings. The standard InChI is InChI=1S/C23H23NO4S/c1-27-22-12-6-8-17-15-28-21-11-4-3-10-19(21)20(23(17)22)14-16-7-5-9-18(13-16)24-29(2,25)26/h3-13,20,24H,14-15H2,1-2H3/t20-/m1/s1. The molecule has 3 aromatic carbocycles. The lowest BCUT2D eigenvalue weighted by Crippen LogP contribution is -2.11. The highest BCUT2D eigenvalue weighted by molar-refractivity contribution is 7.92. The fourth-order valence-electron chi connectivity index (χ4n) is 3.92. The number of nitrogens with one attached hydrogen (secondary N) is 1. The smallest absolute Gasteiger partial charge is 0.229 e. The Kier molecular flexibility index (Phi) is 5.20. The zero-order valence-electron chi connectivity index (χ0n) is 16.4. The first-order chi connectivity index (χ1) is 13.9. The van der Waals surface area contributed by atoms with Crippen molar-refractivity contribution in [2.45, 2.75) is 18.9 Å². The monoisotopic (exact) mass is 409 g/mol. The second-order valence-corrected chi connectivity index (χ2v) is 8.94. The van der Waals surface area contributed by atoms with Crippen molar-refractivity contribution in [3.05, 3.63) is 89.0 Å². The molecule has 0 bridgehead atoms. The van der Waals surface area contributed by atoms with Gasteiger partial charge in [0.15, 0.2) is 0 Å². The first-order valence-electron chi connectivity index (χ1n) is 9.39. The van der Waals surface area contributed by atoms with E-state index in [2.05, 4.69) is 16.9 Å². The molecule has 1 aliphatic rings. The minimum atomic E-state index is -3.33. The third-order valence-corrected chi connectivity index (χ3v) is 5.68. The third-order valence-electron chi connectivity index (χ3n) is 5.07. The van der Waals surface area contributed by atoms with E-state index in [1.54, 1.807) is 13.2 Å². The molecule has 0 amide bonds. The van der Waals surface area contributed by atoms with Crippen LogP contribution in [-0.4, -0.2) is 21.8 Å². The molecule has 1 N–H and O–H groups in total. The molecule has 0 radical (unpaired) electrons. The molecule has 1 heterocycles. The van der Waals surface area contributed by atoms with Crippen LogP contribution >= 0.6 is 0 Å². The van der Waals surface area contributed by atoms with Crippen molar-refractivity contribution in [1.29, 1.82) is 0 Å². The minimum Gasteiger partial charge on any atom is -0.496 e. The van der Waals surface area contributed by atoms with Crippen LogP contribution in [0.5, 0.6) is 11.5 Å². The summed E-state index contributed by atoms with van der Waals surface area (Å²) >= 11 is 0. The van der Waals surface area contributed by atoms with Crippen LogP contribution in [0.1, 0.15) is 28.2 Å². The van der Waals surface area contributed by atoms with E-state index in [-0.39, 0.29) is 5.92 Å². The van der Waals surface area contributed by atoms with Gasteiger partial charge in [-0.2, -0.15) is 0 Å². The van der Waals surface area contributed by atoms with E-state index in [1.807, 2.05) is 48.5 Å². The number of hydrogen-bond acceptors (Lipinski definition) is 4. The first kappa shape index (κ1) is 19.3. The van der Waals surface area contributed by atoms with Crippen molar-refractivity contribution >= 4 is 15.7 Å². The van der Waals surface area contributed by atoms with Gasteiger partial charge in [-0.1, -0.05) is 42.5 Å². The lowest BCUT2D eigenvalue weighted by atomic mass is 9.83. The van der Waals surface area contributed by atoms with E-state index in [4.69, 9.17) is 9.47 Å². The fourth-order valence-corrected chi connectivity index (χ4v) is 4.48. The molecular formula is C23H23NO4S. The van der Waals surface area contributed by atoms with E-state index in [1.165, 1.54) is 0 Å².